The minimum absolute atomic E-state index is 0.0449. The quantitative estimate of drug-likeness (QED) is 0.520. The van der Waals surface area contributed by atoms with Gasteiger partial charge in [-0.3, -0.25) is 14.5 Å². The maximum absolute atomic E-state index is 12.2. The van der Waals surface area contributed by atoms with E-state index in [0.717, 1.165) is 11.2 Å². The Balaban J connectivity index is 1.68. The van der Waals surface area contributed by atoms with Crippen molar-refractivity contribution in [3.05, 3.63) is 41.8 Å². The lowest BCUT2D eigenvalue weighted by atomic mass is 9.93. The van der Waals surface area contributed by atoms with Crippen LogP contribution in [0.3, 0.4) is 0 Å². The topological polar surface area (TPSA) is 142 Å². The highest BCUT2D eigenvalue weighted by Crippen LogP contribution is 2.29. The van der Waals surface area contributed by atoms with Crippen LogP contribution in [0.2, 0.25) is 0 Å². The molecule has 0 unspecified atom stereocenters. The number of nitrogens with zero attached hydrogens (tertiary/aromatic N) is 1. The highest BCUT2D eigenvalue weighted by Gasteiger charge is 2.53. The average molecular weight is 333 g/mol. The summed E-state index contributed by atoms with van der Waals surface area (Å²) in [5.41, 5.74) is 6.06. The molecule has 0 bridgehead atoms. The number of aromatic hydroxyl groups is 1. The molecule has 126 valence electrons. The first-order valence-corrected chi connectivity index (χ1v) is 7.13. The molecular formula is C15H15N3O6. The summed E-state index contributed by atoms with van der Waals surface area (Å²) in [6.45, 7) is 0.0852. The molecule has 9 nitrogen and oxygen atoms in total. The molecule has 1 fully saturated rings. The van der Waals surface area contributed by atoms with Crippen molar-refractivity contribution in [1.82, 2.24) is 10.2 Å². The lowest BCUT2D eigenvalue weighted by Gasteiger charge is -2.48. The number of rotatable bonds is 4. The van der Waals surface area contributed by atoms with E-state index in [-0.39, 0.29) is 18.1 Å². The van der Waals surface area contributed by atoms with Gasteiger partial charge in [0.1, 0.15) is 36.7 Å². The number of amides is 2. The summed E-state index contributed by atoms with van der Waals surface area (Å²) in [5.74, 6) is -2.34. The van der Waals surface area contributed by atoms with E-state index in [9.17, 15) is 19.5 Å². The van der Waals surface area contributed by atoms with Gasteiger partial charge in [-0.05, 0) is 17.7 Å². The normalized spacial score (nSPS) is 23.3. The van der Waals surface area contributed by atoms with E-state index in [4.69, 9.17) is 15.6 Å². The number of nitrogens with one attached hydrogen (secondary N) is 1. The van der Waals surface area contributed by atoms with Crippen molar-refractivity contribution >= 4 is 17.8 Å². The van der Waals surface area contributed by atoms with E-state index < -0.39 is 35.9 Å². The number of nitrogens with two attached hydrogens (primary N) is 1. The second kappa shape index (κ2) is 5.85. The van der Waals surface area contributed by atoms with Crippen LogP contribution in [0.5, 0.6) is 5.75 Å². The Kier molecular flexibility index (Phi) is 3.86. The summed E-state index contributed by atoms with van der Waals surface area (Å²) in [7, 11) is 0. The van der Waals surface area contributed by atoms with Gasteiger partial charge in [0.05, 0.1) is 0 Å². The summed E-state index contributed by atoms with van der Waals surface area (Å²) in [5, 5.41) is 20.8. The van der Waals surface area contributed by atoms with Crippen LogP contribution in [-0.4, -0.2) is 51.6 Å². The number of benzene rings is 1. The Morgan fingerprint density at radius 3 is 2.62 bits per heavy atom. The van der Waals surface area contributed by atoms with Gasteiger partial charge in [0, 0.05) is 0 Å². The fourth-order valence-corrected chi connectivity index (χ4v) is 2.68. The Morgan fingerprint density at radius 1 is 1.33 bits per heavy atom. The zero-order chi connectivity index (χ0) is 17.4. The molecule has 1 aromatic rings. The highest BCUT2D eigenvalue weighted by atomic mass is 16.5. The summed E-state index contributed by atoms with van der Waals surface area (Å²) >= 11 is 0. The van der Waals surface area contributed by atoms with Crippen LogP contribution in [0.15, 0.2) is 36.2 Å². The molecule has 2 heterocycles. The van der Waals surface area contributed by atoms with Gasteiger partial charge in [-0.15, -0.1) is 0 Å². The third-order valence-electron chi connectivity index (χ3n) is 3.99. The molecule has 0 saturated carbocycles. The molecular weight excluding hydrogens is 318 g/mol. The fraction of sp³-hybridized carbons (Fsp3) is 0.267. The Morgan fingerprint density at radius 2 is 2.00 bits per heavy atom. The largest absolute Gasteiger partial charge is 0.508 e. The van der Waals surface area contributed by atoms with Crippen molar-refractivity contribution in [2.45, 2.75) is 18.1 Å². The van der Waals surface area contributed by atoms with Crippen molar-refractivity contribution in [2.75, 3.05) is 6.61 Å². The number of ether oxygens (including phenoxy) is 1. The summed E-state index contributed by atoms with van der Waals surface area (Å²) in [6.07, 6.45) is 1.01. The van der Waals surface area contributed by atoms with Crippen molar-refractivity contribution in [1.29, 1.82) is 0 Å². The minimum atomic E-state index is -1.28. The number of fused-ring (bicyclic) bond motifs is 1. The van der Waals surface area contributed by atoms with E-state index in [1.165, 1.54) is 24.3 Å². The van der Waals surface area contributed by atoms with Crippen LogP contribution in [0.25, 0.3) is 0 Å². The third kappa shape index (κ3) is 2.54. The number of β-lactam (4-membered cyclic amide) rings is 1. The molecule has 0 aromatic heterocycles. The van der Waals surface area contributed by atoms with E-state index >= 15 is 0 Å². The van der Waals surface area contributed by atoms with Crippen molar-refractivity contribution < 1.29 is 29.3 Å². The molecule has 0 aliphatic carbocycles. The van der Waals surface area contributed by atoms with Gasteiger partial charge in [-0.1, -0.05) is 12.1 Å². The van der Waals surface area contributed by atoms with E-state index in [1.807, 2.05) is 0 Å². The average Bonchev–Trinajstić information content (AvgIpc) is 2.58. The minimum Gasteiger partial charge on any atom is -0.508 e. The van der Waals surface area contributed by atoms with Crippen LogP contribution in [0.4, 0.5) is 0 Å². The van der Waals surface area contributed by atoms with E-state index in [2.05, 4.69) is 5.32 Å². The van der Waals surface area contributed by atoms with E-state index in [0.29, 0.717) is 5.56 Å². The number of hydrogen-bond acceptors (Lipinski definition) is 6. The predicted octanol–water partition coefficient (Wildman–Crippen LogP) is -0.956. The van der Waals surface area contributed by atoms with Gasteiger partial charge in [-0.2, -0.15) is 0 Å². The number of phenols is 1. The Labute approximate surface area is 136 Å². The number of carbonyl (C=O) groups is 3. The number of carbonyl (C=O) groups excluding carboxylic acids is 2. The molecule has 2 aliphatic heterocycles. The predicted molar refractivity (Wildman–Crippen MR) is 79.3 cm³/mol. The smallest absolute Gasteiger partial charge is 0.355 e. The number of carboxylic acids is 1. The van der Waals surface area contributed by atoms with Gasteiger partial charge in [0.25, 0.3) is 5.91 Å². The molecule has 5 N–H and O–H groups in total. The van der Waals surface area contributed by atoms with Gasteiger partial charge in [0.15, 0.2) is 5.70 Å². The molecule has 0 spiro atoms. The monoisotopic (exact) mass is 333 g/mol. The van der Waals surface area contributed by atoms with Crippen LogP contribution in [-0.2, 0) is 19.1 Å². The maximum Gasteiger partial charge on any atom is 0.355 e. The van der Waals surface area contributed by atoms with Crippen molar-refractivity contribution in [3.63, 3.8) is 0 Å². The molecule has 2 aliphatic rings. The molecule has 1 aromatic carbocycles. The summed E-state index contributed by atoms with van der Waals surface area (Å²) in [4.78, 5) is 36.5. The van der Waals surface area contributed by atoms with E-state index in [1.54, 1.807) is 0 Å². The van der Waals surface area contributed by atoms with Crippen LogP contribution in [0, 0.1) is 0 Å². The van der Waals surface area contributed by atoms with Crippen LogP contribution >= 0.6 is 0 Å². The van der Waals surface area contributed by atoms with Gasteiger partial charge in [0.2, 0.25) is 5.91 Å². The van der Waals surface area contributed by atoms with Crippen molar-refractivity contribution in [2.24, 2.45) is 5.73 Å². The number of hydrogen-bond donors (Lipinski definition) is 4. The fourth-order valence-electron chi connectivity index (χ4n) is 2.68. The van der Waals surface area contributed by atoms with Crippen LogP contribution < -0.4 is 11.1 Å². The summed E-state index contributed by atoms with van der Waals surface area (Å²) in [6, 6.07) is 3.32. The molecule has 2 amide bonds. The SMILES string of the molecule is N[C@@H](C(=O)N[C@@H]1C(=O)N2C(C(=O)O)=COC[C@H]12)c1ccc(O)cc1. The lowest BCUT2D eigenvalue weighted by molar-refractivity contribution is -0.159. The summed E-state index contributed by atoms with van der Waals surface area (Å²) < 4.78 is 5.05. The second-order valence-corrected chi connectivity index (χ2v) is 5.47. The van der Waals surface area contributed by atoms with Crippen molar-refractivity contribution in [3.8, 4) is 5.75 Å². The lowest BCUT2D eigenvalue weighted by Crippen LogP contribution is -2.73. The number of aliphatic carboxylic acids is 1. The Bertz CT molecular complexity index is 729. The number of phenolic OH excluding ortho intramolecular Hbond substituents is 1. The second-order valence-electron chi connectivity index (χ2n) is 5.47. The number of carboxylic acid groups (broad SMARTS) is 1. The maximum atomic E-state index is 12.2. The molecule has 24 heavy (non-hydrogen) atoms. The first-order valence-electron chi connectivity index (χ1n) is 7.13. The standard InChI is InChI=1S/C15H15N3O6/c16-11(7-1-3-8(19)4-2-7)13(20)17-12-9-5-24-6-10(15(22)23)18(9)14(12)21/h1-4,6,9,11-12,19H,5,16H2,(H,17,20)(H,22,23)/t9-,11-,12+/m1/s1. The zero-order valence-electron chi connectivity index (χ0n) is 12.4. The molecule has 3 atom stereocenters. The van der Waals surface area contributed by atoms with Gasteiger partial charge in [-0.25, -0.2) is 4.79 Å². The Hall–Kier alpha value is -3.07. The van der Waals surface area contributed by atoms with Gasteiger partial charge < -0.3 is 26.0 Å². The first kappa shape index (κ1) is 15.8. The third-order valence-corrected chi connectivity index (χ3v) is 3.99. The molecule has 9 heteroatoms. The molecule has 3 rings (SSSR count). The highest BCUT2D eigenvalue weighted by molar-refractivity contribution is 6.01. The zero-order valence-corrected chi connectivity index (χ0v) is 12.4. The first-order chi connectivity index (χ1) is 11.4. The van der Waals surface area contributed by atoms with Crippen LogP contribution in [0.1, 0.15) is 11.6 Å². The molecule has 0 radical (unpaired) electrons. The van der Waals surface area contributed by atoms with Gasteiger partial charge >= 0.3 is 5.97 Å². The molecule has 1 saturated heterocycles.